The van der Waals surface area contributed by atoms with Crippen molar-refractivity contribution in [3.8, 4) is 6.07 Å². The average Bonchev–Trinajstić information content (AvgIpc) is 2.38. The van der Waals surface area contributed by atoms with Gasteiger partial charge in [-0.3, -0.25) is 4.72 Å². The second-order valence-corrected chi connectivity index (χ2v) is 5.76. The number of anilines is 1. The molecule has 0 atom stereocenters. The van der Waals surface area contributed by atoms with Gasteiger partial charge < -0.3 is 0 Å². The molecule has 0 unspecified atom stereocenters. The zero-order valence-corrected chi connectivity index (χ0v) is 11.3. The average molecular weight is 291 g/mol. The smallest absolute Gasteiger partial charge is 0.262 e. The maximum absolute atomic E-state index is 13.3. The summed E-state index contributed by atoms with van der Waals surface area (Å²) >= 11 is 0. The molecule has 0 radical (unpaired) electrons. The van der Waals surface area contributed by atoms with E-state index in [1.54, 1.807) is 6.92 Å². The summed E-state index contributed by atoms with van der Waals surface area (Å²) in [4.78, 5) is 3.58. The number of aromatic nitrogens is 1. The van der Waals surface area contributed by atoms with Gasteiger partial charge in [-0.1, -0.05) is 0 Å². The lowest BCUT2D eigenvalue weighted by atomic mass is 10.2. The topological polar surface area (TPSA) is 82.8 Å². The summed E-state index contributed by atoms with van der Waals surface area (Å²) in [5.41, 5.74) is 0.566. The van der Waals surface area contributed by atoms with Crippen molar-refractivity contribution in [2.45, 2.75) is 11.8 Å². The van der Waals surface area contributed by atoms with Crippen LogP contribution in [0.5, 0.6) is 0 Å². The van der Waals surface area contributed by atoms with Gasteiger partial charge in [-0.25, -0.2) is 17.8 Å². The van der Waals surface area contributed by atoms with Gasteiger partial charge in [0.15, 0.2) is 5.82 Å². The van der Waals surface area contributed by atoms with E-state index in [4.69, 9.17) is 5.26 Å². The number of hydrogen-bond acceptors (Lipinski definition) is 4. The SMILES string of the molecule is Cc1cc(F)cc(S(=O)(=O)Nc2ncccc2C#N)c1. The maximum atomic E-state index is 13.3. The van der Waals surface area contributed by atoms with Crippen molar-refractivity contribution in [1.29, 1.82) is 5.26 Å². The fourth-order valence-corrected chi connectivity index (χ4v) is 2.76. The number of nitrogens with zero attached hydrogens (tertiary/aromatic N) is 2. The Morgan fingerprint density at radius 2 is 2.10 bits per heavy atom. The van der Waals surface area contributed by atoms with Crippen LogP contribution in [0.25, 0.3) is 0 Å². The highest BCUT2D eigenvalue weighted by Crippen LogP contribution is 2.19. The third-order valence-electron chi connectivity index (χ3n) is 2.49. The van der Waals surface area contributed by atoms with Crippen LogP contribution < -0.4 is 4.72 Å². The van der Waals surface area contributed by atoms with E-state index in [0.29, 0.717) is 5.56 Å². The molecule has 0 aliphatic heterocycles. The number of pyridine rings is 1. The summed E-state index contributed by atoms with van der Waals surface area (Å²) in [6, 6.07) is 8.24. The Morgan fingerprint density at radius 1 is 1.35 bits per heavy atom. The number of rotatable bonds is 3. The van der Waals surface area contributed by atoms with Crippen LogP contribution in [0.4, 0.5) is 10.2 Å². The van der Waals surface area contributed by atoms with Crippen LogP contribution in [0, 0.1) is 24.1 Å². The monoisotopic (exact) mass is 291 g/mol. The molecule has 0 saturated carbocycles. The summed E-state index contributed by atoms with van der Waals surface area (Å²) in [5, 5.41) is 8.89. The molecule has 2 rings (SSSR count). The molecular formula is C13H10FN3O2S. The number of aryl methyl sites for hydroxylation is 1. The van der Waals surface area contributed by atoms with Gasteiger partial charge >= 0.3 is 0 Å². The summed E-state index contributed by atoms with van der Waals surface area (Å²) in [5.74, 6) is -0.733. The number of sulfonamides is 1. The number of benzene rings is 1. The summed E-state index contributed by atoms with van der Waals surface area (Å²) < 4.78 is 39.8. The first kappa shape index (κ1) is 14.0. The summed E-state index contributed by atoms with van der Waals surface area (Å²) in [7, 11) is -3.99. The highest BCUT2D eigenvalue weighted by molar-refractivity contribution is 7.92. The van der Waals surface area contributed by atoms with Gasteiger partial charge in [0.25, 0.3) is 10.0 Å². The molecule has 1 N–H and O–H groups in total. The quantitative estimate of drug-likeness (QED) is 0.939. The van der Waals surface area contributed by atoms with Crippen molar-refractivity contribution in [2.24, 2.45) is 0 Å². The summed E-state index contributed by atoms with van der Waals surface area (Å²) in [6.45, 7) is 1.59. The van der Waals surface area contributed by atoms with Crippen LogP contribution >= 0.6 is 0 Å². The highest BCUT2D eigenvalue weighted by atomic mass is 32.2. The fourth-order valence-electron chi connectivity index (χ4n) is 1.62. The molecule has 1 aromatic heterocycles. The van der Waals surface area contributed by atoms with Crippen LogP contribution in [0.1, 0.15) is 11.1 Å². The lowest BCUT2D eigenvalue weighted by Gasteiger charge is -2.09. The number of halogens is 1. The molecule has 0 saturated heterocycles. The largest absolute Gasteiger partial charge is 0.263 e. The molecule has 0 amide bonds. The van der Waals surface area contributed by atoms with Crippen LogP contribution in [0.3, 0.4) is 0 Å². The molecule has 0 spiro atoms. The molecule has 20 heavy (non-hydrogen) atoms. The Kier molecular flexibility index (Phi) is 3.68. The van der Waals surface area contributed by atoms with Gasteiger partial charge in [-0.2, -0.15) is 5.26 Å². The lowest BCUT2D eigenvalue weighted by molar-refractivity contribution is 0.594. The minimum atomic E-state index is -3.99. The van der Waals surface area contributed by atoms with Gasteiger partial charge in [-0.15, -0.1) is 0 Å². The molecule has 0 fully saturated rings. The van der Waals surface area contributed by atoms with E-state index in [-0.39, 0.29) is 16.3 Å². The Morgan fingerprint density at radius 3 is 2.75 bits per heavy atom. The molecule has 1 heterocycles. The van der Waals surface area contributed by atoms with Gasteiger partial charge in [0.1, 0.15) is 11.9 Å². The van der Waals surface area contributed by atoms with Crippen LogP contribution in [0.2, 0.25) is 0 Å². The van der Waals surface area contributed by atoms with E-state index < -0.39 is 15.8 Å². The second-order valence-electron chi connectivity index (χ2n) is 4.08. The van der Waals surface area contributed by atoms with E-state index >= 15 is 0 Å². The predicted molar refractivity (Wildman–Crippen MR) is 70.9 cm³/mol. The van der Waals surface area contributed by atoms with E-state index in [1.165, 1.54) is 30.5 Å². The minimum absolute atomic E-state index is 0.0862. The first-order valence-electron chi connectivity index (χ1n) is 5.57. The first-order valence-corrected chi connectivity index (χ1v) is 7.06. The third kappa shape index (κ3) is 2.92. The van der Waals surface area contributed by atoms with Crippen molar-refractivity contribution in [2.75, 3.05) is 4.72 Å². The number of nitriles is 1. The van der Waals surface area contributed by atoms with Crippen molar-refractivity contribution < 1.29 is 12.8 Å². The Labute approximate surface area is 115 Å². The molecule has 0 aliphatic carbocycles. The van der Waals surface area contributed by atoms with Crippen molar-refractivity contribution in [3.05, 3.63) is 53.5 Å². The molecular weight excluding hydrogens is 281 g/mol. The molecule has 1 aromatic carbocycles. The lowest BCUT2D eigenvalue weighted by Crippen LogP contribution is -2.15. The van der Waals surface area contributed by atoms with Crippen LogP contribution in [-0.2, 0) is 10.0 Å². The van der Waals surface area contributed by atoms with Crippen LogP contribution in [-0.4, -0.2) is 13.4 Å². The third-order valence-corrected chi connectivity index (χ3v) is 3.80. The standard InChI is InChI=1S/C13H10FN3O2S/c1-9-5-11(14)7-12(6-9)20(18,19)17-13-10(8-15)3-2-4-16-13/h2-7H,1H3,(H,16,17). The van der Waals surface area contributed by atoms with Gasteiger partial charge in [0, 0.05) is 6.20 Å². The van der Waals surface area contributed by atoms with Crippen molar-refractivity contribution >= 4 is 15.8 Å². The number of hydrogen-bond donors (Lipinski definition) is 1. The highest BCUT2D eigenvalue weighted by Gasteiger charge is 2.18. The van der Waals surface area contributed by atoms with E-state index in [0.717, 1.165) is 6.07 Å². The zero-order valence-electron chi connectivity index (χ0n) is 10.5. The summed E-state index contributed by atoms with van der Waals surface area (Å²) in [6.07, 6.45) is 1.36. The van der Waals surface area contributed by atoms with Gasteiger partial charge in [-0.05, 0) is 42.8 Å². The molecule has 0 aliphatic rings. The molecule has 102 valence electrons. The predicted octanol–water partition coefficient (Wildman–Crippen LogP) is 2.20. The van der Waals surface area contributed by atoms with Crippen molar-refractivity contribution in [3.63, 3.8) is 0 Å². The Balaban J connectivity index is 2.44. The van der Waals surface area contributed by atoms with Crippen molar-refractivity contribution in [1.82, 2.24) is 4.98 Å². The normalized spacial score (nSPS) is 10.8. The Bertz CT molecular complexity index is 777. The second kappa shape index (κ2) is 5.27. The first-order chi connectivity index (χ1) is 9.42. The molecule has 0 bridgehead atoms. The van der Waals surface area contributed by atoms with E-state index in [9.17, 15) is 12.8 Å². The minimum Gasteiger partial charge on any atom is -0.262 e. The van der Waals surface area contributed by atoms with E-state index in [1.807, 2.05) is 6.07 Å². The van der Waals surface area contributed by atoms with Crippen LogP contribution in [0.15, 0.2) is 41.4 Å². The van der Waals surface area contributed by atoms with E-state index in [2.05, 4.69) is 9.71 Å². The number of nitrogens with one attached hydrogen (secondary N) is 1. The van der Waals surface area contributed by atoms with Gasteiger partial charge in [0.05, 0.1) is 10.5 Å². The molecule has 7 heteroatoms. The zero-order chi connectivity index (χ0) is 14.8. The maximum Gasteiger partial charge on any atom is 0.263 e. The fraction of sp³-hybridized carbons (Fsp3) is 0.0769. The molecule has 5 nitrogen and oxygen atoms in total. The van der Waals surface area contributed by atoms with Gasteiger partial charge in [0.2, 0.25) is 0 Å². The molecule has 2 aromatic rings. The Hall–Kier alpha value is -2.46.